The van der Waals surface area contributed by atoms with E-state index < -0.39 is 0 Å². The summed E-state index contributed by atoms with van der Waals surface area (Å²) in [4.78, 5) is 20.0. The third-order valence-electron chi connectivity index (χ3n) is 2.53. The SMILES string of the molecule is C/C(=N/NC(=O)c1ccncc1)c1cccc(C)n1. The molecule has 2 heterocycles. The summed E-state index contributed by atoms with van der Waals surface area (Å²) in [6.45, 7) is 3.71. The first kappa shape index (κ1) is 12.9. The van der Waals surface area contributed by atoms with Crippen molar-refractivity contribution in [1.82, 2.24) is 15.4 Å². The minimum absolute atomic E-state index is 0.269. The van der Waals surface area contributed by atoms with Gasteiger partial charge in [-0.3, -0.25) is 14.8 Å². The highest BCUT2D eigenvalue weighted by molar-refractivity contribution is 5.99. The fourth-order valence-electron chi connectivity index (χ4n) is 1.50. The number of aromatic nitrogens is 2. The summed E-state index contributed by atoms with van der Waals surface area (Å²) in [7, 11) is 0. The average molecular weight is 254 g/mol. The lowest BCUT2D eigenvalue weighted by Crippen LogP contribution is -2.19. The van der Waals surface area contributed by atoms with Crippen LogP contribution in [0.25, 0.3) is 0 Å². The lowest BCUT2D eigenvalue weighted by Gasteiger charge is -2.03. The third kappa shape index (κ3) is 3.45. The number of amides is 1. The van der Waals surface area contributed by atoms with Crippen LogP contribution in [0.4, 0.5) is 0 Å². The zero-order chi connectivity index (χ0) is 13.7. The van der Waals surface area contributed by atoms with Gasteiger partial charge in [0, 0.05) is 23.7 Å². The molecule has 0 aliphatic heterocycles. The lowest BCUT2D eigenvalue weighted by atomic mass is 10.2. The van der Waals surface area contributed by atoms with E-state index in [1.165, 1.54) is 0 Å². The molecule has 0 unspecified atom stereocenters. The molecule has 0 radical (unpaired) electrons. The minimum atomic E-state index is -0.269. The average Bonchev–Trinajstić information content (AvgIpc) is 2.45. The highest BCUT2D eigenvalue weighted by atomic mass is 16.2. The summed E-state index contributed by atoms with van der Waals surface area (Å²) in [6, 6.07) is 8.92. The Balaban J connectivity index is 2.09. The van der Waals surface area contributed by atoms with E-state index in [-0.39, 0.29) is 5.91 Å². The molecule has 0 bridgehead atoms. The summed E-state index contributed by atoms with van der Waals surface area (Å²) in [5.41, 5.74) is 5.33. The molecule has 2 aromatic heterocycles. The molecule has 96 valence electrons. The quantitative estimate of drug-likeness (QED) is 0.672. The fraction of sp³-hybridized carbons (Fsp3) is 0.143. The van der Waals surface area contributed by atoms with Crippen molar-refractivity contribution in [2.75, 3.05) is 0 Å². The Hall–Kier alpha value is -2.56. The summed E-state index contributed by atoms with van der Waals surface area (Å²) in [5, 5.41) is 4.05. The monoisotopic (exact) mass is 254 g/mol. The van der Waals surface area contributed by atoms with E-state index in [0.717, 1.165) is 11.4 Å². The summed E-state index contributed by atoms with van der Waals surface area (Å²) in [5.74, 6) is -0.269. The molecule has 0 aromatic carbocycles. The van der Waals surface area contributed by atoms with Crippen LogP contribution < -0.4 is 5.43 Å². The first-order valence-electron chi connectivity index (χ1n) is 5.85. The molecule has 5 nitrogen and oxygen atoms in total. The van der Waals surface area contributed by atoms with Crippen LogP contribution in [0, 0.1) is 6.92 Å². The molecule has 0 saturated heterocycles. The molecule has 0 spiro atoms. The molecule has 1 N–H and O–H groups in total. The van der Waals surface area contributed by atoms with Crippen LogP contribution in [-0.4, -0.2) is 21.6 Å². The second-order valence-electron chi connectivity index (χ2n) is 4.04. The molecule has 0 saturated carbocycles. The first-order valence-corrected chi connectivity index (χ1v) is 5.85. The van der Waals surface area contributed by atoms with Crippen molar-refractivity contribution in [1.29, 1.82) is 0 Å². The van der Waals surface area contributed by atoms with Gasteiger partial charge in [-0.05, 0) is 38.1 Å². The maximum Gasteiger partial charge on any atom is 0.271 e. The van der Waals surface area contributed by atoms with E-state index in [1.54, 1.807) is 31.5 Å². The second kappa shape index (κ2) is 5.86. The van der Waals surface area contributed by atoms with Gasteiger partial charge in [-0.2, -0.15) is 5.10 Å². The molecule has 0 aliphatic rings. The Morgan fingerprint density at radius 1 is 1.21 bits per heavy atom. The summed E-state index contributed by atoms with van der Waals surface area (Å²) >= 11 is 0. The van der Waals surface area contributed by atoms with Crippen LogP contribution in [0.15, 0.2) is 47.8 Å². The Morgan fingerprint density at radius 3 is 2.63 bits per heavy atom. The second-order valence-corrected chi connectivity index (χ2v) is 4.04. The topological polar surface area (TPSA) is 67.2 Å². The van der Waals surface area contributed by atoms with Gasteiger partial charge in [0.25, 0.3) is 5.91 Å². The van der Waals surface area contributed by atoms with Crippen molar-refractivity contribution in [3.05, 3.63) is 59.7 Å². The van der Waals surface area contributed by atoms with Crippen LogP contribution >= 0.6 is 0 Å². The minimum Gasteiger partial charge on any atom is -0.267 e. The van der Waals surface area contributed by atoms with Crippen molar-refractivity contribution in [2.24, 2.45) is 5.10 Å². The molecule has 1 amide bonds. The van der Waals surface area contributed by atoms with Crippen LogP contribution in [0.3, 0.4) is 0 Å². The standard InChI is InChI=1S/C14H14N4O/c1-10-4-3-5-13(16-10)11(2)17-18-14(19)12-6-8-15-9-7-12/h3-9H,1-2H3,(H,18,19)/b17-11-. The van der Waals surface area contributed by atoms with Crippen molar-refractivity contribution < 1.29 is 4.79 Å². The molecular formula is C14H14N4O. The van der Waals surface area contributed by atoms with E-state index in [9.17, 15) is 4.79 Å². The van der Waals surface area contributed by atoms with Crippen molar-refractivity contribution >= 4 is 11.6 Å². The van der Waals surface area contributed by atoms with Gasteiger partial charge in [0.05, 0.1) is 11.4 Å². The molecule has 5 heteroatoms. The highest BCUT2D eigenvalue weighted by Crippen LogP contribution is 2.00. The molecule has 2 aromatic rings. The third-order valence-corrected chi connectivity index (χ3v) is 2.53. The largest absolute Gasteiger partial charge is 0.271 e. The number of nitrogens with zero attached hydrogens (tertiary/aromatic N) is 3. The lowest BCUT2D eigenvalue weighted by molar-refractivity contribution is 0.0954. The smallest absolute Gasteiger partial charge is 0.267 e. The van der Waals surface area contributed by atoms with Gasteiger partial charge >= 0.3 is 0 Å². The van der Waals surface area contributed by atoms with Crippen LogP contribution in [0.1, 0.15) is 28.7 Å². The van der Waals surface area contributed by atoms with E-state index >= 15 is 0 Å². The summed E-state index contributed by atoms with van der Waals surface area (Å²) < 4.78 is 0. The number of carbonyl (C=O) groups excluding carboxylic acids is 1. The number of pyridine rings is 2. The zero-order valence-electron chi connectivity index (χ0n) is 10.8. The number of aryl methyl sites for hydroxylation is 1. The van der Waals surface area contributed by atoms with Gasteiger partial charge in [-0.1, -0.05) is 6.07 Å². The van der Waals surface area contributed by atoms with E-state index in [0.29, 0.717) is 11.3 Å². The Kier molecular flexibility index (Phi) is 3.97. The van der Waals surface area contributed by atoms with Crippen molar-refractivity contribution in [2.45, 2.75) is 13.8 Å². The van der Waals surface area contributed by atoms with Gasteiger partial charge < -0.3 is 0 Å². The van der Waals surface area contributed by atoms with Crippen LogP contribution in [0.2, 0.25) is 0 Å². The predicted octanol–water partition coefficient (Wildman–Crippen LogP) is 1.94. The van der Waals surface area contributed by atoms with Crippen molar-refractivity contribution in [3.8, 4) is 0 Å². The van der Waals surface area contributed by atoms with Gasteiger partial charge in [-0.15, -0.1) is 0 Å². The molecular weight excluding hydrogens is 240 g/mol. The zero-order valence-corrected chi connectivity index (χ0v) is 10.8. The number of hydrogen-bond donors (Lipinski definition) is 1. The number of rotatable bonds is 3. The highest BCUT2D eigenvalue weighted by Gasteiger charge is 2.04. The molecule has 0 aliphatic carbocycles. The first-order chi connectivity index (χ1) is 9.16. The van der Waals surface area contributed by atoms with Crippen LogP contribution in [-0.2, 0) is 0 Å². The predicted molar refractivity (Wildman–Crippen MR) is 72.9 cm³/mol. The van der Waals surface area contributed by atoms with Crippen LogP contribution in [0.5, 0.6) is 0 Å². The van der Waals surface area contributed by atoms with Gasteiger partial charge in [0.2, 0.25) is 0 Å². The van der Waals surface area contributed by atoms with Gasteiger partial charge in [0.15, 0.2) is 0 Å². The summed E-state index contributed by atoms with van der Waals surface area (Å²) in [6.07, 6.45) is 3.13. The number of hydrogen-bond acceptors (Lipinski definition) is 4. The Labute approximate surface area is 111 Å². The molecule has 0 atom stereocenters. The fourth-order valence-corrected chi connectivity index (χ4v) is 1.50. The Morgan fingerprint density at radius 2 is 1.95 bits per heavy atom. The number of hydrazone groups is 1. The van der Waals surface area contributed by atoms with E-state index in [2.05, 4.69) is 20.5 Å². The molecule has 0 fully saturated rings. The normalized spacial score (nSPS) is 11.2. The molecule has 2 rings (SSSR count). The van der Waals surface area contributed by atoms with Gasteiger partial charge in [-0.25, -0.2) is 5.43 Å². The number of nitrogens with one attached hydrogen (secondary N) is 1. The Bertz CT molecular complexity index is 608. The maximum absolute atomic E-state index is 11.8. The van der Waals surface area contributed by atoms with Gasteiger partial charge in [0.1, 0.15) is 0 Å². The maximum atomic E-state index is 11.8. The molecule has 19 heavy (non-hydrogen) atoms. The van der Waals surface area contributed by atoms with E-state index in [4.69, 9.17) is 0 Å². The van der Waals surface area contributed by atoms with Crippen molar-refractivity contribution in [3.63, 3.8) is 0 Å². The number of carbonyl (C=O) groups is 1. The van der Waals surface area contributed by atoms with E-state index in [1.807, 2.05) is 25.1 Å².